The van der Waals surface area contributed by atoms with Crippen LogP contribution in [0.15, 0.2) is 41.5 Å². The number of nitrogens with two attached hydrogens (primary N) is 1. The number of nitriles is 1. The van der Waals surface area contributed by atoms with Crippen LogP contribution < -0.4 is 21.9 Å². The van der Waals surface area contributed by atoms with Gasteiger partial charge >= 0.3 is 0 Å². The average molecular weight is 414 g/mol. The van der Waals surface area contributed by atoms with Crippen LogP contribution >= 0.6 is 0 Å². The molecule has 9 heteroatoms. The first-order valence-corrected chi connectivity index (χ1v) is 10.3. The largest absolute Gasteiger partial charge is 0.366 e. The quantitative estimate of drug-likeness (QED) is 0.344. The van der Waals surface area contributed by atoms with Gasteiger partial charge in [-0.15, -0.1) is 0 Å². The molecule has 0 bridgehead atoms. The SMILES string of the molecule is N#Cc1c[nH]c2c(Nc3nc(N[C@@H]4CCCCC4N)cc4cn[nH]c(=O)c34)cccc12. The smallest absolute Gasteiger partial charge is 0.275 e. The van der Waals surface area contributed by atoms with Crippen molar-refractivity contribution in [2.75, 3.05) is 10.6 Å². The lowest BCUT2D eigenvalue weighted by molar-refractivity contribution is 0.403. The maximum absolute atomic E-state index is 12.6. The molecule has 1 unspecified atom stereocenters. The molecule has 6 N–H and O–H groups in total. The number of hydrogen-bond donors (Lipinski definition) is 5. The standard InChI is InChI=1S/C22H22N8O/c23-9-13-10-25-20-14(13)4-3-7-17(20)28-21-19-12(11-26-30-22(19)31)8-18(29-21)27-16-6-2-1-5-15(16)24/h3-4,7-8,10-11,15-16,25H,1-2,5-6,24H2,(H,30,31)(H2,27,28,29)/t15?,16-/m1/s1. The fraction of sp³-hybridized carbons (Fsp3) is 0.273. The number of H-pyrrole nitrogens is 2. The van der Waals surface area contributed by atoms with Crippen LogP contribution in [0, 0.1) is 11.3 Å². The molecular formula is C22H22N8O. The van der Waals surface area contributed by atoms with Crippen molar-refractivity contribution in [1.82, 2.24) is 20.2 Å². The molecule has 1 fully saturated rings. The molecule has 0 radical (unpaired) electrons. The van der Waals surface area contributed by atoms with Crippen LogP contribution in [0.4, 0.5) is 17.3 Å². The monoisotopic (exact) mass is 414 g/mol. The van der Waals surface area contributed by atoms with Crippen LogP contribution in [0.3, 0.4) is 0 Å². The van der Waals surface area contributed by atoms with E-state index in [0.717, 1.165) is 42.3 Å². The minimum Gasteiger partial charge on any atom is -0.366 e. The highest BCUT2D eigenvalue weighted by molar-refractivity contribution is 6.00. The molecule has 0 saturated heterocycles. The maximum Gasteiger partial charge on any atom is 0.275 e. The third-order valence-electron chi connectivity index (χ3n) is 5.89. The summed E-state index contributed by atoms with van der Waals surface area (Å²) in [5, 5.41) is 24.4. The molecule has 0 amide bonds. The van der Waals surface area contributed by atoms with E-state index in [1.807, 2.05) is 24.3 Å². The van der Waals surface area contributed by atoms with Gasteiger partial charge in [-0.25, -0.2) is 10.1 Å². The lowest BCUT2D eigenvalue weighted by Crippen LogP contribution is -2.42. The Hall–Kier alpha value is -3.90. The average Bonchev–Trinajstić information content (AvgIpc) is 3.20. The molecule has 156 valence electrons. The van der Waals surface area contributed by atoms with E-state index in [1.54, 1.807) is 12.4 Å². The van der Waals surface area contributed by atoms with Gasteiger partial charge in [0.15, 0.2) is 0 Å². The normalized spacial score (nSPS) is 18.7. The van der Waals surface area contributed by atoms with Crippen LogP contribution in [0.5, 0.6) is 0 Å². The summed E-state index contributed by atoms with van der Waals surface area (Å²) in [6.45, 7) is 0. The van der Waals surface area contributed by atoms with Crippen LogP contribution in [0.2, 0.25) is 0 Å². The molecule has 3 aromatic heterocycles. The number of aromatic nitrogens is 4. The van der Waals surface area contributed by atoms with Crippen molar-refractivity contribution in [2.24, 2.45) is 5.73 Å². The zero-order valence-corrected chi connectivity index (χ0v) is 16.8. The molecule has 5 rings (SSSR count). The van der Waals surface area contributed by atoms with Gasteiger partial charge in [-0.1, -0.05) is 25.0 Å². The first-order chi connectivity index (χ1) is 15.1. The first-order valence-electron chi connectivity index (χ1n) is 10.3. The number of para-hydroxylation sites is 1. The molecule has 0 spiro atoms. The highest BCUT2D eigenvalue weighted by Gasteiger charge is 2.22. The Bertz CT molecular complexity index is 1370. The zero-order valence-electron chi connectivity index (χ0n) is 16.8. The summed E-state index contributed by atoms with van der Waals surface area (Å²) in [5.74, 6) is 1.05. The van der Waals surface area contributed by atoms with E-state index in [9.17, 15) is 10.1 Å². The summed E-state index contributed by atoms with van der Waals surface area (Å²) in [4.78, 5) is 20.4. The number of benzene rings is 1. The van der Waals surface area contributed by atoms with Crippen molar-refractivity contribution in [1.29, 1.82) is 5.26 Å². The van der Waals surface area contributed by atoms with Crippen molar-refractivity contribution in [3.05, 3.63) is 52.6 Å². The second-order valence-electron chi connectivity index (χ2n) is 7.89. The molecule has 1 aliphatic carbocycles. The van der Waals surface area contributed by atoms with Gasteiger partial charge in [0.1, 0.15) is 17.7 Å². The number of nitrogens with one attached hydrogen (secondary N) is 4. The van der Waals surface area contributed by atoms with Crippen molar-refractivity contribution in [3.8, 4) is 6.07 Å². The number of nitrogens with zero attached hydrogens (tertiary/aromatic N) is 3. The van der Waals surface area contributed by atoms with Crippen LogP contribution in [-0.2, 0) is 0 Å². The Balaban J connectivity index is 1.60. The van der Waals surface area contributed by atoms with Gasteiger partial charge in [0.2, 0.25) is 0 Å². The Kier molecular flexibility index (Phi) is 4.76. The van der Waals surface area contributed by atoms with E-state index >= 15 is 0 Å². The molecule has 4 aromatic rings. The Morgan fingerprint density at radius 1 is 1.26 bits per heavy atom. The van der Waals surface area contributed by atoms with Gasteiger partial charge in [-0.2, -0.15) is 10.4 Å². The summed E-state index contributed by atoms with van der Waals surface area (Å²) in [5.41, 5.74) is 8.01. The minimum absolute atomic E-state index is 0.0667. The highest BCUT2D eigenvalue weighted by Crippen LogP contribution is 2.30. The molecule has 2 atom stereocenters. The lowest BCUT2D eigenvalue weighted by Gasteiger charge is -2.30. The third-order valence-corrected chi connectivity index (χ3v) is 5.89. The second kappa shape index (κ2) is 7.74. The Morgan fingerprint density at radius 3 is 2.97 bits per heavy atom. The summed E-state index contributed by atoms with van der Waals surface area (Å²) in [6, 6.07) is 9.81. The number of rotatable bonds is 4. The van der Waals surface area contributed by atoms with E-state index in [2.05, 4.69) is 31.9 Å². The third kappa shape index (κ3) is 3.47. The molecule has 1 saturated carbocycles. The molecular weight excluding hydrogens is 392 g/mol. The topological polar surface area (TPSA) is 148 Å². The first kappa shape index (κ1) is 19.1. The van der Waals surface area contributed by atoms with E-state index < -0.39 is 0 Å². The highest BCUT2D eigenvalue weighted by atomic mass is 16.1. The van der Waals surface area contributed by atoms with Gasteiger partial charge in [0, 0.05) is 29.1 Å². The molecule has 0 aliphatic heterocycles. The fourth-order valence-corrected chi connectivity index (χ4v) is 4.29. The van der Waals surface area contributed by atoms with Crippen LogP contribution in [0.25, 0.3) is 21.7 Å². The molecule has 31 heavy (non-hydrogen) atoms. The molecule has 3 heterocycles. The van der Waals surface area contributed by atoms with E-state index in [-0.39, 0.29) is 17.6 Å². The van der Waals surface area contributed by atoms with Crippen molar-refractivity contribution < 1.29 is 0 Å². The number of fused-ring (bicyclic) bond motifs is 2. The second-order valence-corrected chi connectivity index (χ2v) is 7.89. The van der Waals surface area contributed by atoms with Crippen molar-refractivity contribution >= 4 is 39.0 Å². The van der Waals surface area contributed by atoms with Crippen LogP contribution in [0.1, 0.15) is 31.2 Å². The van der Waals surface area contributed by atoms with Crippen molar-refractivity contribution in [3.63, 3.8) is 0 Å². The molecule has 1 aromatic carbocycles. The molecule has 9 nitrogen and oxygen atoms in total. The van der Waals surface area contributed by atoms with Gasteiger partial charge in [-0.3, -0.25) is 4.79 Å². The predicted octanol–water partition coefficient (Wildman–Crippen LogP) is 3.10. The predicted molar refractivity (Wildman–Crippen MR) is 120 cm³/mol. The van der Waals surface area contributed by atoms with Gasteiger partial charge in [0.25, 0.3) is 5.56 Å². The van der Waals surface area contributed by atoms with E-state index in [0.29, 0.717) is 28.0 Å². The summed E-state index contributed by atoms with van der Waals surface area (Å²) in [6.07, 6.45) is 7.51. The molecule has 1 aliphatic rings. The summed E-state index contributed by atoms with van der Waals surface area (Å²) >= 11 is 0. The lowest BCUT2D eigenvalue weighted by atomic mass is 9.91. The number of hydrogen-bond acceptors (Lipinski definition) is 7. The van der Waals surface area contributed by atoms with Gasteiger partial charge in [-0.05, 0) is 25.0 Å². The fourth-order valence-electron chi connectivity index (χ4n) is 4.29. The van der Waals surface area contributed by atoms with E-state index in [4.69, 9.17) is 10.7 Å². The zero-order chi connectivity index (χ0) is 21.4. The van der Waals surface area contributed by atoms with E-state index in [1.165, 1.54) is 0 Å². The minimum atomic E-state index is -0.329. The number of pyridine rings is 1. The summed E-state index contributed by atoms with van der Waals surface area (Å²) < 4.78 is 0. The number of anilines is 3. The van der Waals surface area contributed by atoms with Gasteiger partial charge < -0.3 is 21.4 Å². The van der Waals surface area contributed by atoms with Crippen LogP contribution in [-0.4, -0.2) is 32.2 Å². The van der Waals surface area contributed by atoms with Crippen molar-refractivity contribution in [2.45, 2.75) is 37.8 Å². The Labute approximate surface area is 177 Å². The van der Waals surface area contributed by atoms with Gasteiger partial charge in [0.05, 0.1) is 28.4 Å². The maximum atomic E-state index is 12.6. The Morgan fingerprint density at radius 2 is 2.13 bits per heavy atom. The summed E-state index contributed by atoms with van der Waals surface area (Å²) in [7, 11) is 0. The number of aromatic amines is 2.